The van der Waals surface area contributed by atoms with Crippen LogP contribution in [0.25, 0.3) is 0 Å². The fourth-order valence-corrected chi connectivity index (χ4v) is 0.957. The predicted octanol–water partition coefficient (Wildman–Crippen LogP) is 1.52. The van der Waals surface area contributed by atoms with Gasteiger partial charge in [-0.3, -0.25) is 5.10 Å². The predicted molar refractivity (Wildman–Crippen MR) is 40.6 cm³/mol. The largest absolute Gasteiger partial charge is 0.371 e. The molecule has 9 heavy (non-hydrogen) atoms. The van der Waals surface area contributed by atoms with Crippen LogP contribution in [-0.2, 0) is 0 Å². The van der Waals surface area contributed by atoms with Crippen LogP contribution in [0.3, 0.4) is 0 Å². The van der Waals surface area contributed by atoms with Crippen molar-refractivity contribution < 1.29 is 0 Å². The first-order valence-electron chi connectivity index (χ1n) is 2.64. The molecule has 0 radical (unpaired) electrons. The van der Waals surface area contributed by atoms with Crippen LogP contribution in [0.5, 0.6) is 0 Å². The van der Waals surface area contributed by atoms with Gasteiger partial charge in [-0.2, -0.15) is 5.10 Å². The fraction of sp³-hybridized carbons (Fsp3) is 0.400. The standard InChI is InChI=1S/C5H8BrN3/c1-3-4(6)5(7-2)9-8-3/h1-2H3,(H2,7,8,9). The van der Waals surface area contributed by atoms with Crippen molar-refractivity contribution in [2.24, 2.45) is 0 Å². The number of hydrogen-bond donors (Lipinski definition) is 2. The maximum atomic E-state index is 3.95. The fourth-order valence-electron chi connectivity index (χ4n) is 0.581. The molecule has 0 aliphatic carbocycles. The molecule has 0 amide bonds. The van der Waals surface area contributed by atoms with Crippen molar-refractivity contribution in [2.75, 3.05) is 12.4 Å². The zero-order valence-electron chi connectivity index (χ0n) is 5.33. The highest BCUT2D eigenvalue weighted by Crippen LogP contribution is 2.21. The molecule has 0 saturated heterocycles. The lowest BCUT2D eigenvalue weighted by molar-refractivity contribution is 1.05. The highest BCUT2D eigenvalue weighted by molar-refractivity contribution is 9.10. The number of H-pyrrole nitrogens is 1. The van der Waals surface area contributed by atoms with Crippen molar-refractivity contribution >= 4 is 21.7 Å². The molecule has 0 bridgehead atoms. The summed E-state index contributed by atoms with van der Waals surface area (Å²) in [7, 11) is 1.83. The zero-order valence-corrected chi connectivity index (χ0v) is 6.91. The van der Waals surface area contributed by atoms with Crippen LogP contribution >= 0.6 is 15.9 Å². The van der Waals surface area contributed by atoms with E-state index >= 15 is 0 Å². The first kappa shape index (κ1) is 6.61. The summed E-state index contributed by atoms with van der Waals surface area (Å²) in [5, 5.41) is 9.71. The molecule has 2 N–H and O–H groups in total. The number of nitrogens with one attached hydrogen (secondary N) is 2. The number of aromatic nitrogens is 2. The highest BCUT2D eigenvalue weighted by Gasteiger charge is 2.02. The minimum atomic E-state index is 0.854. The quantitative estimate of drug-likeness (QED) is 0.704. The molecule has 0 spiro atoms. The molecule has 0 atom stereocenters. The molecule has 0 saturated carbocycles. The second-order valence-corrected chi connectivity index (χ2v) is 2.55. The van der Waals surface area contributed by atoms with Gasteiger partial charge in [0.05, 0.1) is 4.47 Å². The van der Waals surface area contributed by atoms with Gasteiger partial charge in [0.15, 0.2) is 5.82 Å². The topological polar surface area (TPSA) is 40.7 Å². The van der Waals surface area contributed by atoms with E-state index in [0.29, 0.717) is 0 Å². The van der Waals surface area contributed by atoms with Gasteiger partial charge in [0.2, 0.25) is 0 Å². The normalized spacial score (nSPS) is 9.67. The number of nitrogens with zero attached hydrogens (tertiary/aromatic N) is 1. The number of anilines is 1. The smallest absolute Gasteiger partial charge is 0.162 e. The number of hydrogen-bond acceptors (Lipinski definition) is 2. The van der Waals surface area contributed by atoms with E-state index in [0.717, 1.165) is 16.0 Å². The zero-order chi connectivity index (χ0) is 6.85. The molecule has 0 unspecified atom stereocenters. The maximum absolute atomic E-state index is 3.95. The number of aryl methyl sites for hydroxylation is 1. The van der Waals surface area contributed by atoms with Crippen LogP contribution in [0.15, 0.2) is 4.47 Å². The Balaban J connectivity index is 3.04. The van der Waals surface area contributed by atoms with Crippen molar-refractivity contribution in [3.8, 4) is 0 Å². The van der Waals surface area contributed by atoms with E-state index in [4.69, 9.17) is 0 Å². The molecule has 1 aromatic heterocycles. The number of rotatable bonds is 1. The van der Waals surface area contributed by atoms with Crippen LogP contribution < -0.4 is 5.32 Å². The van der Waals surface area contributed by atoms with Gasteiger partial charge in [0, 0.05) is 12.7 Å². The third-order valence-corrected chi connectivity index (χ3v) is 2.08. The lowest BCUT2D eigenvalue weighted by Gasteiger charge is -1.90. The van der Waals surface area contributed by atoms with E-state index in [1.807, 2.05) is 14.0 Å². The maximum Gasteiger partial charge on any atom is 0.162 e. The van der Waals surface area contributed by atoms with Crippen LogP contribution in [0.2, 0.25) is 0 Å². The molecule has 3 nitrogen and oxygen atoms in total. The average molecular weight is 190 g/mol. The van der Waals surface area contributed by atoms with Crippen LogP contribution in [0, 0.1) is 6.92 Å². The monoisotopic (exact) mass is 189 g/mol. The Bertz CT molecular complexity index is 206. The third-order valence-electron chi connectivity index (χ3n) is 1.11. The second-order valence-electron chi connectivity index (χ2n) is 1.76. The molecular formula is C5H8BrN3. The molecule has 1 aromatic rings. The minimum absolute atomic E-state index is 0.854. The third kappa shape index (κ3) is 1.08. The van der Waals surface area contributed by atoms with Crippen molar-refractivity contribution in [1.29, 1.82) is 0 Å². The number of halogens is 1. The molecular weight excluding hydrogens is 182 g/mol. The number of aromatic amines is 1. The Morgan fingerprint density at radius 1 is 1.67 bits per heavy atom. The summed E-state index contributed by atoms with van der Waals surface area (Å²) in [4.78, 5) is 0. The summed E-state index contributed by atoms with van der Waals surface area (Å²) in [6, 6.07) is 0. The van der Waals surface area contributed by atoms with Gasteiger partial charge < -0.3 is 5.32 Å². The van der Waals surface area contributed by atoms with Crippen molar-refractivity contribution in [3.05, 3.63) is 10.2 Å². The molecule has 50 valence electrons. The first-order valence-corrected chi connectivity index (χ1v) is 3.43. The van der Waals surface area contributed by atoms with Gasteiger partial charge in [0.25, 0.3) is 0 Å². The van der Waals surface area contributed by atoms with E-state index in [-0.39, 0.29) is 0 Å². The van der Waals surface area contributed by atoms with E-state index < -0.39 is 0 Å². The van der Waals surface area contributed by atoms with Crippen molar-refractivity contribution in [2.45, 2.75) is 6.92 Å². The van der Waals surface area contributed by atoms with Crippen LogP contribution in [0.4, 0.5) is 5.82 Å². The molecule has 0 fully saturated rings. The summed E-state index contributed by atoms with van der Waals surface area (Å²) in [6.45, 7) is 1.96. The summed E-state index contributed by atoms with van der Waals surface area (Å²) in [6.07, 6.45) is 0. The Labute approximate surface area is 62.0 Å². The Hall–Kier alpha value is -0.510. The van der Waals surface area contributed by atoms with Crippen LogP contribution in [0.1, 0.15) is 5.69 Å². The molecule has 0 aromatic carbocycles. The Morgan fingerprint density at radius 2 is 2.33 bits per heavy atom. The lowest BCUT2D eigenvalue weighted by Crippen LogP contribution is -1.87. The Kier molecular flexibility index (Phi) is 1.75. The summed E-state index contributed by atoms with van der Waals surface area (Å²) >= 11 is 3.35. The van der Waals surface area contributed by atoms with Crippen molar-refractivity contribution in [1.82, 2.24) is 10.2 Å². The first-order chi connectivity index (χ1) is 4.25. The second kappa shape index (κ2) is 2.39. The Morgan fingerprint density at radius 3 is 2.56 bits per heavy atom. The van der Waals surface area contributed by atoms with Gasteiger partial charge in [0.1, 0.15) is 0 Å². The average Bonchev–Trinajstić information content (AvgIpc) is 2.15. The summed E-state index contributed by atoms with van der Waals surface area (Å²) in [5.74, 6) is 0.854. The summed E-state index contributed by atoms with van der Waals surface area (Å²) < 4.78 is 1.00. The van der Waals surface area contributed by atoms with E-state index in [1.54, 1.807) is 0 Å². The van der Waals surface area contributed by atoms with Crippen molar-refractivity contribution in [3.63, 3.8) is 0 Å². The van der Waals surface area contributed by atoms with Gasteiger partial charge >= 0.3 is 0 Å². The van der Waals surface area contributed by atoms with Gasteiger partial charge in [-0.25, -0.2) is 0 Å². The van der Waals surface area contributed by atoms with E-state index in [2.05, 4.69) is 31.4 Å². The molecule has 0 aliphatic heterocycles. The highest BCUT2D eigenvalue weighted by atomic mass is 79.9. The molecule has 1 rings (SSSR count). The van der Waals surface area contributed by atoms with E-state index in [1.165, 1.54) is 0 Å². The molecule has 4 heteroatoms. The molecule has 1 heterocycles. The summed E-state index contributed by atoms with van der Waals surface area (Å²) in [5.41, 5.74) is 1.04. The van der Waals surface area contributed by atoms with Gasteiger partial charge in [-0.15, -0.1) is 0 Å². The molecule has 0 aliphatic rings. The van der Waals surface area contributed by atoms with Gasteiger partial charge in [-0.05, 0) is 22.9 Å². The van der Waals surface area contributed by atoms with Crippen LogP contribution in [-0.4, -0.2) is 17.2 Å². The SMILES string of the molecule is CNc1n[nH]c(C)c1Br. The minimum Gasteiger partial charge on any atom is -0.371 e. The van der Waals surface area contributed by atoms with E-state index in [9.17, 15) is 0 Å². The van der Waals surface area contributed by atoms with Gasteiger partial charge in [-0.1, -0.05) is 0 Å². The lowest BCUT2D eigenvalue weighted by atomic mass is 10.5.